The van der Waals surface area contributed by atoms with Gasteiger partial charge in [-0.3, -0.25) is 14.5 Å². The number of aliphatic carboxylic acids is 1. The molecule has 3 rings (SSSR count). The number of carbonyl (C=O) groups excluding carboxylic acids is 1. The zero-order valence-corrected chi connectivity index (χ0v) is 10.6. The van der Waals surface area contributed by atoms with Crippen molar-refractivity contribution in [2.75, 3.05) is 6.54 Å². The third kappa shape index (κ3) is 1.70. The molecule has 0 bridgehead atoms. The summed E-state index contributed by atoms with van der Waals surface area (Å²) in [6, 6.07) is 11.0. The SMILES string of the molecule is O=C(O)CN1C(=O)c2cccc3cccc(c23)C1=S. The smallest absolute Gasteiger partial charge is 0.323 e. The molecule has 94 valence electrons. The number of hydrogen-bond acceptors (Lipinski definition) is 3. The molecular weight excluding hydrogens is 262 g/mol. The van der Waals surface area contributed by atoms with Crippen LogP contribution in [0.2, 0.25) is 0 Å². The van der Waals surface area contributed by atoms with Crippen LogP contribution >= 0.6 is 12.2 Å². The molecule has 0 saturated heterocycles. The highest BCUT2D eigenvalue weighted by molar-refractivity contribution is 7.80. The molecule has 0 aromatic heterocycles. The molecule has 4 nitrogen and oxygen atoms in total. The average molecular weight is 271 g/mol. The van der Waals surface area contributed by atoms with E-state index in [0.717, 1.165) is 21.2 Å². The van der Waals surface area contributed by atoms with Gasteiger partial charge in [0.1, 0.15) is 11.5 Å². The van der Waals surface area contributed by atoms with Crippen LogP contribution in [0, 0.1) is 0 Å². The van der Waals surface area contributed by atoms with Crippen molar-refractivity contribution in [3.8, 4) is 0 Å². The minimum atomic E-state index is -1.08. The zero-order valence-electron chi connectivity index (χ0n) is 9.79. The third-order valence-corrected chi connectivity index (χ3v) is 3.59. The minimum Gasteiger partial charge on any atom is -0.480 e. The number of thiocarbonyl (C=S) groups is 1. The topological polar surface area (TPSA) is 57.6 Å². The number of carbonyl (C=O) groups is 2. The van der Waals surface area contributed by atoms with Crippen molar-refractivity contribution >= 4 is 39.9 Å². The van der Waals surface area contributed by atoms with Gasteiger partial charge in [0, 0.05) is 16.5 Å². The molecule has 1 aliphatic rings. The predicted octanol–water partition coefficient (Wildman–Crippen LogP) is 2.06. The number of carboxylic acids is 1. The summed E-state index contributed by atoms with van der Waals surface area (Å²) < 4.78 is 0. The van der Waals surface area contributed by atoms with Crippen molar-refractivity contribution in [1.29, 1.82) is 0 Å². The molecule has 0 saturated carbocycles. The molecule has 0 spiro atoms. The summed E-state index contributed by atoms with van der Waals surface area (Å²) in [4.78, 5) is 24.6. The highest BCUT2D eigenvalue weighted by Gasteiger charge is 2.30. The highest BCUT2D eigenvalue weighted by Crippen LogP contribution is 2.30. The fourth-order valence-corrected chi connectivity index (χ4v) is 2.68. The fraction of sp³-hybridized carbons (Fsp3) is 0.0714. The Labute approximate surface area is 114 Å². The second kappa shape index (κ2) is 4.13. The standard InChI is InChI=1S/C14H9NO3S/c16-11(17)7-15-13(18)9-5-1-3-8-4-2-6-10(12(8)9)14(15)19/h1-6H,7H2,(H,16,17). The number of nitrogens with zero attached hydrogens (tertiary/aromatic N) is 1. The zero-order chi connectivity index (χ0) is 13.6. The summed E-state index contributed by atoms with van der Waals surface area (Å²) in [5, 5.41) is 10.6. The number of carboxylic acid groups (broad SMARTS) is 1. The Kier molecular flexibility index (Phi) is 2.57. The Morgan fingerprint density at radius 2 is 1.79 bits per heavy atom. The van der Waals surface area contributed by atoms with Crippen molar-refractivity contribution in [1.82, 2.24) is 4.90 Å². The maximum absolute atomic E-state index is 12.3. The number of rotatable bonds is 2. The van der Waals surface area contributed by atoms with Gasteiger partial charge in [0.05, 0.1) is 0 Å². The summed E-state index contributed by atoms with van der Waals surface area (Å²) in [6.07, 6.45) is 0. The molecular formula is C14H9NO3S. The summed E-state index contributed by atoms with van der Waals surface area (Å²) in [7, 11) is 0. The summed E-state index contributed by atoms with van der Waals surface area (Å²) in [6.45, 7) is -0.414. The van der Waals surface area contributed by atoms with Gasteiger partial charge in [-0.2, -0.15) is 0 Å². The first-order chi connectivity index (χ1) is 9.09. The maximum atomic E-state index is 12.3. The van der Waals surface area contributed by atoms with Crippen LogP contribution in [0.3, 0.4) is 0 Å². The lowest BCUT2D eigenvalue weighted by Crippen LogP contribution is -2.42. The van der Waals surface area contributed by atoms with E-state index in [1.54, 1.807) is 12.1 Å². The Morgan fingerprint density at radius 3 is 2.42 bits per heavy atom. The van der Waals surface area contributed by atoms with E-state index in [2.05, 4.69) is 0 Å². The molecule has 2 aromatic rings. The molecule has 1 heterocycles. The first-order valence-corrected chi connectivity index (χ1v) is 6.10. The molecule has 1 aliphatic heterocycles. The van der Waals surface area contributed by atoms with Gasteiger partial charge in [-0.05, 0) is 11.5 Å². The molecule has 1 N–H and O–H groups in total. The summed E-state index contributed by atoms with van der Waals surface area (Å²) in [5.41, 5.74) is 1.24. The Morgan fingerprint density at radius 1 is 1.16 bits per heavy atom. The van der Waals surface area contributed by atoms with Crippen molar-refractivity contribution in [3.05, 3.63) is 47.5 Å². The van der Waals surface area contributed by atoms with Gasteiger partial charge in [0.25, 0.3) is 5.91 Å². The van der Waals surface area contributed by atoms with Crippen LogP contribution < -0.4 is 0 Å². The lowest BCUT2D eigenvalue weighted by molar-refractivity contribution is -0.137. The monoisotopic (exact) mass is 271 g/mol. The average Bonchev–Trinajstić information content (AvgIpc) is 2.40. The van der Waals surface area contributed by atoms with Crippen LogP contribution in [0.15, 0.2) is 36.4 Å². The fourth-order valence-electron chi connectivity index (χ4n) is 2.36. The first kappa shape index (κ1) is 11.8. The van der Waals surface area contributed by atoms with Crippen LogP contribution in [-0.2, 0) is 4.79 Å². The minimum absolute atomic E-state index is 0.275. The van der Waals surface area contributed by atoms with Gasteiger partial charge in [-0.1, -0.05) is 42.5 Å². The first-order valence-electron chi connectivity index (χ1n) is 5.69. The Bertz CT molecular complexity index is 688. The number of amides is 1. The van der Waals surface area contributed by atoms with Gasteiger partial charge >= 0.3 is 5.97 Å². The van der Waals surface area contributed by atoms with E-state index in [9.17, 15) is 9.59 Å². The van der Waals surface area contributed by atoms with Gasteiger partial charge in [-0.15, -0.1) is 0 Å². The molecule has 19 heavy (non-hydrogen) atoms. The number of hydrogen-bond donors (Lipinski definition) is 1. The Hall–Kier alpha value is -2.27. The van der Waals surface area contributed by atoms with Crippen LogP contribution in [-0.4, -0.2) is 33.4 Å². The quantitative estimate of drug-likeness (QED) is 0.849. The summed E-state index contributed by atoms with van der Waals surface area (Å²) in [5.74, 6) is -1.43. The van der Waals surface area contributed by atoms with E-state index in [4.69, 9.17) is 17.3 Å². The third-order valence-electron chi connectivity index (χ3n) is 3.15. The number of benzene rings is 2. The molecule has 0 fully saturated rings. The normalized spacial score (nSPS) is 14.0. The van der Waals surface area contributed by atoms with Crippen molar-refractivity contribution < 1.29 is 14.7 Å². The van der Waals surface area contributed by atoms with Crippen LogP contribution in [0.4, 0.5) is 0 Å². The van der Waals surface area contributed by atoms with Gasteiger partial charge in [-0.25, -0.2) is 0 Å². The van der Waals surface area contributed by atoms with Gasteiger partial charge < -0.3 is 5.11 Å². The predicted molar refractivity (Wildman–Crippen MR) is 74.3 cm³/mol. The van der Waals surface area contributed by atoms with E-state index in [-0.39, 0.29) is 10.9 Å². The van der Waals surface area contributed by atoms with E-state index in [1.165, 1.54) is 0 Å². The van der Waals surface area contributed by atoms with Crippen molar-refractivity contribution in [3.63, 3.8) is 0 Å². The summed E-state index contributed by atoms with van der Waals surface area (Å²) >= 11 is 5.25. The highest BCUT2D eigenvalue weighted by atomic mass is 32.1. The second-order valence-electron chi connectivity index (χ2n) is 4.30. The van der Waals surface area contributed by atoms with E-state index >= 15 is 0 Å². The van der Waals surface area contributed by atoms with Crippen LogP contribution in [0.25, 0.3) is 10.8 Å². The largest absolute Gasteiger partial charge is 0.480 e. The molecule has 1 amide bonds. The van der Waals surface area contributed by atoms with Crippen LogP contribution in [0.5, 0.6) is 0 Å². The molecule has 0 atom stereocenters. The van der Waals surface area contributed by atoms with E-state index in [1.807, 2.05) is 24.3 Å². The Balaban J connectivity index is 2.28. The molecule has 0 unspecified atom stereocenters. The maximum Gasteiger partial charge on any atom is 0.323 e. The van der Waals surface area contributed by atoms with Crippen molar-refractivity contribution in [2.24, 2.45) is 0 Å². The van der Waals surface area contributed by atoms with Gasteiger partial charge in [0.2, 0.25) is 0 Å². The molecule has 5 heteroatoms. The van der Waals surface area contributed by atoms with E-state index in [0.29, 0.717) is 5.56 Å². The molecule has 0 aliphatic carbocycles. The van der Waals surface area contributed by atoms with Crippen molar-refractivity contribution in [2.45, 2.75) is 0 Å². The lowest BCUT2D eigenvalue weighted by Gasteiger charge is -2.28. The lowest BCUT2D eigenvalue weighted by atomic mass is 9.94. The van der Waals surface area contributed by atoms with Gasteiger partial charge in [0.15, 0.2) is 0 Å². The molecule has 2 aromatic carbocycles. The molecule has 0 radical (unpaired) electrons. The van der Waals surface area contributed by atoms with Crippen LogP contribution in [0.1, 0.15) is 15.9 Å². The second-order valence-corrected chi connectivity index (χ2v) is 4.69. The van der Waals surface area contributed by atoms with E-state index < -0.39 is 12.5 Å².